The lowest BCUT2D eigenvalue weighted by molar-refractivity contribution is -0.405. The third-order valence-corrected chi connectivity index (χ3v) is 7.48. The third-order valence-electron chi connectivity index (χ3n) is 7.48. The summed E-state index contributed by atoms with van der Waals surface area (Å²) in [6.07, 6.45) is 1.53. The Bertz CT molecular complexity index is 1370. The first-order valence-electron chi connectivity index (χ1n) is 13.5. The monoisotopic (exact) mass is 529 g/mol. The van der Waals surface area contributed by atoms with Crippen molar-refractivity contribution in [2.75, 3.05) is 43.0 Å². The molecule has 10 heteroatoms. The Balaban J connectivity index is 0.922. The molecule has 0 spiro atoms. The van der Waals surface area contributed by atoms with Gasteiger partial charge in [-0.1, -0.05) is 30.3 Å². The maximum Gasteiger partial charge on any atom is 0.263 e. The van der Waals surface area contributed by atoms with E-state index in [0.717, 1.165) is 43.9 Å². The van der Waals surface area contributed by atoms with E-state index in [1.807, 2.05) is 23.1 Å². The Morgan fingerprint density at radius 3 is 2.85 bits per heavy atom. The first kappa shape index (κ1) is 24.3. The average Bonchev–Trinajstić information content (AvgIpc) is 3.67. The van der Waals surface area contributed by atoms with Gasteiger partial charge in [0.2, 0.25) is 6.41 Å². The van der Waals surface area contributed by atoms with Gasteiger partial charge in [0.25, 0.3) is 5.91 Å². The molecule has 10 nitrogen and oxygen atoms in total. The quantitative estimate of drug-likeness (QED) is 0.361. The van der Waals surface area contributed by atoms with Crippen LogP contribution in [-0.4, -0.2) is 62.0 Å². The second-order valence-corrected chi connectivity index (χ2v) is 10.3. The van der Waals surface area contributed by atoms with Gasteiger partial charge >= 0.3 is 0 Å². The molecule has 0 aliphatic carbocycles. The molecule has 1 aromatic heterocycles. The minimum Gasteiger partial charge on any atom is -0.489 e. The van der Waals surface area contributed by atoms with E-state index in [1.54, 1.807) is 0 Å². The summed E-state index contributed by atoms with van der Waals surface area (Å²) in [6.45, 7) is 3.98. The molecule has 4 saturated heterocycles. The molecule has 3 N–H and O–H groups in total. The topological polar surface area (TPSA) is 106 Å². The minimum absolute atomic E-state index is 0.00755. The summed E-state index contributed by atoms with van der Waals surface area (Å²) in [7, 11) is 0. The zero-order valence-electron chi connectivity index (χ0n) is 21.5. The molecular formula is C29H31N5O5. The molecule has 2 bridgehead atoms. The molecule has 1 atom stereocenters. The highest BCUT2D eigenvalue weighted by molar-refractivity contribution is 5.94. The van der Waals surface area contributed by atoms with Crippen molar-refractivity contribution in [3.05, 3.63) is 66.2 Å². The number of benzene rings is 2. The molecule has 4 fully saturated rings. The summed E-state index contributed by atoms with van der Waals surface area (Å²) in [6, 6.07) is 20.6. The molecule has 2 aromatic carbocycles. The fourth-order valence-corrected chi connectivity index (χ4v) is 5.45. The number of anilines is 2. The van der Waals surface area contributed by atoms with Crippen LogP contribution in [0.25, 0.3) is 11.1 Å². The van der Waals surface area contributed by atoms with Gasteiger partial charge < -0.3 is 39.8 Å². The van der Waals surface area contributed by atoms with Crippen molar-refractivity contribution in [3.8, 4) is 22.6 Å². The highest BCUT2D eigenvalue weighted by Crippen LogP contribution is 2.45. The van der Waals surface area contributed by atoms with Gasteiger partial charge in [-0.3, -0.25) is 4.79 Å². The van der Waals surface area contributed by atoms with Crippen LogP contribution in [0.2, 0.25) is 0 Å². The fraction of sp³-hybridized carbons (Fsp3) is 0.379. The van der Waals surface area contributed by atoms with E-state index in [0.29, 0.717) is 30.4 Å². The zero-order valence-corrected chi connectivity index (χ0v) is 21.5. The molecule has 1 amide bonds. The number of aromatic nitrogens is 1. The molecule has 202 valence electrons. The standard InChI is InChI=1S/C29H31N5O5/c35-26-17-36-24-7-8-25(32-27(24)33-26)34-18-29(38-28(34)39-29)10-12-31-15-19-3-1-4-20(13-19)21-5-2-6-22(14-21)37-23-9-11-30-16-23/h1-8,13-14,23,28,30-31H,9-12,15-18H2,(H,32,33,35). The fourth-order valence-electron chi connectivity index (χ4n) is 5.45. The highest BCUT2D eigenvalue weighted by Gasteiger charge is 2.58. The summed E-state index contributed by atoms with van der Waals surface area (Å²) in [5, 5.41) is 9.62. The largest absolute Gasteiger partial charge is 0.489 e. The SMILES string of the molecule is O=C1COc2ccc(N3CC4(CCNCc5cccc(-c6cccc(OC7CCNC7)c6)c5)OC3O4)nc2N1. The van der Waals surface area contributed by atoms with Gasteiger partial charge in [0.05, 0.1) is 6.54 Å². The Morgan fingerprint density at radius 2 is 1.97 bits per heavy atom. The lowest BCUT2D eigenvalue weighted by Gasteiger charge is -2.37. The van der Waals surface area contributed by atoms with Gasteiger partial charge in [0.15, 0.2) is 24.0 Å². The summed E-state index contributed by atoms with van der Waals surface area (Å²) in [5.41, 5.74) is 3.52. The second kappa shape index (κ2) is 10.1. The van der Waals surface area contributed by atoms with E-state index < -0.39 is 12.2 Å². The van der Waals surface area contributed by atoms with Crippen LogP contribution in [-0.2, 0) is 20.8 Å². The van der Waals surface area contributed by atoms with Crippen molar-refractivity contribution in [3.63, 3.8) is 0 Å². The third kappa shape index (κ3) is 5.04. The smallest absolute Gasteiger partial charge is 0.263 e. The molecule has 5 aliphatic heterocycles. The number of fused-ring (bicyclic) bond motifs is 2. The van der Waals surface area contributed by atoms with Crippen molar-refractivity contribution in [1.82, 2.24) is 15.6 Å². The number of ether oxygens (including phenoxy) is 4. The van der Waals surface area contributed by atoms with Crippen LogP contribution in [0.15, 0.2) is 60.7 Å². The molecule has 6 heterocycles. The van der Waals surface area contributed by atoms with Crippen LogP contribution >= 0.6 is 0 Å². The molecule has 39 heavy (non-hydrogen) atoms. The maximum absolute atomic E-state index is 11.6. The molecule has 0 radical (unpaired) electrons. The number of nitrogens with one attached hydrogen (secondary N) is 3. The van der Waals surface area contributed by atoms with E-state index in [2.05, 4.69) is 63.4 Å². The van der Waals surface area contributed by atoms with Crippen LogP contribution in [0.4, 0.5) is 11.6 Å². The zero-order chi connectivity index (χ0) is 26.2. The van der Waals surface area contributed by atoms with E-state index in [4.69, 9.17) is 18.9 Å². The van der Waals surface area contributed by atoms with Crippen LogP contribution in [0.5, 0.6) is 11.5 Å². The summed E-state index contributed by atoms with van der Waals surface area (Å²) < 4.78 is 23.6. The molecule has 1 unspecified atom stereocenters. The van der Waals surface area contributed by atoms with E-state index in [-0.39, 0.29) is 18.6 Å². The minimum atomic E-state index is -0.647. The number of pyridine rings is 1. The Kier molecular flexibility index (Phi) is 6.32. The number of nitrogens with zero attached hydrogens (tertiary/aromatic N) is 2. The van der Waals surface area contributed by atoms with Crippen molar-refractivity contribution in [2.45, 2.75) is 37.7 Å². The number of carbonyl (C=O) groups excluding carboxylic acids is 1. The van der Waals surface area contributed by atoms with Crippen LogP contribution in [0.1, 0.15) is 18.4 Å². The van der Waals surface area contributed by atoms with Gasteiger partial charge in [-0.2, -0.15) is 0 Å². The number of hydrogen-bond donors (Lipinski definition) is 3. The van der Waals surface area contributed by atoms with E-state index in [9.17, 15) is 4.79 Å². The van der Waals surface area contributed by atoms with Crippen molar-refractivity contribution in [2.24, 2.45) is 0 Å². The molecule has 0 saturated carbocycles. The predicted octanol–water partition coefficient (Wildman–Crippen LogP) is 2.85. The van der Waals surface area contributed by atoms with Gasteiger partial charge in [-0.05, 0) is 60.0 Å². The van der Waals surface area contributed by atoms with Crippen LogP contribution in [0.3, 0.4) is 0 Å². The Morgan fingerprint density at radius 1 is 1.10 bits per heavy atom. The van der Waals surface area contributed by atoms with E-state index in [1.165, 1.54) is 11.1 Å². The number of hydrogen-bond acceptors (Lipinski definition) is 9. The Hall–Kier alpha value is -3.70. The normalized spacial score (nSPS) is 25.0. The lowest BCUT2D eigenvalue weighted by Crippen LogP contribution is -2.49. The maximum atomic E-state index is 11.6. The number of amides is 1. The van der Waals surface area contributed by atoms with Crippen LogP contribution < -0.4 is 30.3 Å². The van der Waals surface area contributed by atoms with Crippen LogP contribution in [0, 0.1) is 0 Å². The molecule has 8 rings (SSSR count). The predicted molar refractivity (Wildman–Crippen MR) is 145 cm³/mol. The van der Waals surface area contributed by atoms with Gasteiger partial charge in [-0.25, -0.2) is 4.98 Å². The summed E-state index contributed by atoms with van der Waals surface area (Å²) in [4.78, 5) is 18.1. The van der Waals surface area contributed by atoms with Crippen molar-refractivity contribution >= 4 is 17.5 Å². The van der Waals surface area contributed by atoms with Gasteiger partial charge in [-0.15, -0.1) is 0 Å². The highest BCUT2D eigenvalue weighted by atomic mass is 16.9. The number of rotatable bonds is 9. The second-order valence-electron chi connectivity index (χ2n) is 10.3. The van der Waals surface area contributed by atoms with Crippen molar-refractivity contribution in [1.29, 1.82) is 0 Å². The van der Waals surface area contributed by atoms with Gasteiger partial charge in [0.1, 0.15) is 17.7 Å². The summed E-state index contributed by atoms with van der Waals surface area (Å²) >= 11 is 0. The molecular weight excluding hydrogens is 498 g/mol. The average molecular weight is 530 g/mol. The van der Waals surface area contributed by atoms with Crippen molar-refractivity contribution < 1.29 is 23.7 Å². The Labute approximate surface area is 226 Å². The first-order chi connectivity index (χ1) is 19.1. The molecule has 5 aliphatic rings. The lowest BCUT2D eigenvalue weighted by atomic mass is 10.0. The number of carbonyl (C=O) groups is 1. The van der Waals surface area contributed by atoms with E-state index >= 15 is 0 Å². The van der Waals surface area contributed by atoms with Gasteiger partial charge in [0, 0.05) is 26.1 Å². The summed E-state index contributed by atoms with van der Waals surface area (Å²) in [5.74, 6) is 1.73. The molecule has 3 aromatic rings. The first-order valence-corrected chi connectivity index (χ1v) is 13.5.